The summed E-state index contributed by atoms with van der Waals surface area (Å²) >= 11 is 0. The van der Waals surface area contributed by atoms with E-state index in [1.807, 2.05) is 30.3 Å². The summed E-state index contributed by atoms with van der Waals surface area (Å²) in [5, 5.41) is 6.39. The van der Waals surface area contributed by atoms with Crippen LogP contribution in [0.15, 0.2) is 72.1 Å². The average molecular weight is 392 g/mol. The molecular formula is C21H20N4O4. The molecular weight excluding hydrogens is 372 g/mol. The number of oxime groups is 1. The molecule has 0 fully saturated rings. The van der Waals surface area contributed by atoms with Crippen LogP contribution < -0.4 is 14.8 Å². The Hall–Kier alpha value is -3.94. The number of aromatic nitrogens is 2. The Labute approximate surface area is 168 Å². The minimum Gasteiger partial charge on any atom is -0.459 e. The number of rotatable bonds is 8. The number of amides is 1. The Morgan fingerprint density at radius 2 is 1.86 bits per heavy atom. The van der Waals surface area contributed by atoms with Crippen LogP contribution in [0.1, 0.15) is 11.1 Å². The molecule has 3 rings (SSSR count). The van der Waals surface area contributed by atoms with E-state index in [0.717, 1.165) is 5.56 Å². The van der Waals surface area contributed by atoms with Gasteiger partial charge in [0.1, 0.15) is 25.2 Å². The monoisotopic (exact) mass is 392 g/mol. The molecule has 1 amide bonds. The fourth-order valence-electron chi connectivity index (χ4n) is 2.51. The van der Waals surface area contributed by atoms with Crippen molar-refractivity contribution in [3.63, 3.8) is 0 Å². The topological polar surface area (TPSA) is 94.9 Å². The Kier molecular flexibility index (Phi) is 6.72. The molecule has 0 aliphatic carbocycles. The summed E-state index contributed by atoms with van der Waals surface area (Å²) in [4.78, 5) is 25.1. The van der Waals surface area contributed by atoms with Crippen molar-refractivity contribution < 1.29 is 19.1 Å². The highest BCUT2D eigenvalue weighted by Gasteiger charge is 2.18. The maximum absolute atomic E-state index is 12.2. The summed E-state index contributed by atoms with van der Waals surface area (Å²) in [6, 6.07) is 16.5. The lowest BCUT2D eigenvalue weighted by Gasteiger charge is -2.13. The van der Waals surface area contributed by atoms with Crippen LogP contribution in [-0.4, -0.2) is 35.7 Å². The van der Waals surface area contributed by atoms with E-state index in [0.29, 0.717) is 23.1 Å². The molecule has 8 heteroatoms. The minimum absolute atomic E-state index is 0.117. The minimum atomic E-state index is -0.382. The fourth-order valence-corrected chi connectivity index (χ4v) is 2.51. The molecule has 0 saturated heterocycles. The molecule has 0 saturated carbocycles. The van der Waals surface area contributed by atoms with Crippen LogP contribution in [0.5, 0.6) is 17.5 Å². The van der Waals surface area contributed by atoms with Gasteiger partial charge in [-0.3, -0.25) is 4.79 Å². The zero-order chi connectivity index (χ0) is 20.5. The van der Waals surface area contributed by atoms with Gasteiger partial charge < -0.3 is 19.6 Å². The van der Waals surface area contributed by atoms with Crippen molar-refractivity contribution in [3.8, 4) is 17.5 Å². The van der Waals surface area contributed by atoms with E-state index in [1.54, 1.807) is 36.7 Å². The van der Waals surface area contributed by atoms with Gasteiger partial charge >= 0.3 is 6.01 Å². The quantitative estimate of drug-likeness (QED) is 0.468. The Balaban J connectivity index is 1.80. The van der Waals surface area contributed by atoms with Crippen molar-refractivity contribution in [2.75, 3.05) is 14.2 Å². The number of carbonyl (C=O) groups excluding carboxylic acids is 1. The third-order valence-electron chi connectivity index (χ3n) is 3.80. The molecule has 1 heterocycles. The molecule has 1 aromatic heterocycles. The standard InChI is InChI=1S/C21H20N4O4/c1-22-20(26)19(25-27-2)17-9-3-4-10-18(17)29-16-8-5-7-15(13-16)14-28-21-23-11-6-12-24-21/h3-13H,14H2,1-2H3,(H,22,26)/b25-19-. The van der Waals surface area contributed by atoms with Crippen molar-refractivity contribution in [1.82, 2.24) is 15.3 Å². The molecule has 8 nitrogen and oxygen atoms in total. The first-order valence-electron chi connectivity index (χ1n) is 8.80. The molecule has 2 aromatic carbocycles. The second-order valence-corrected chi connectivity index (χ2v) is 5.77. The number of para-hydroxylation sites is 1. The maximum atomic E-state index is 12.2. The van der Waals surface area contributed by atoms with Gasteiger partial charge in [-0.05, 0) is 35.9 Å². The van der Waals surface area contributed by atoms with Gasteiger partial charge in [0.25, 0.3) is 5.91 Å². The molecule has 0 aliphatic rings. The Morgan fingerprint density at radius 3 is 2.62 bits per heavy atom. The lowest BCUT2D eigenvalue weighted by molar-refractivity contribution is -0.114. The molecule has 0 unspecified atom stereocenters. The van der Waals surface area contributed by atoms with Gasteiger partial charge in [-0.1, -0.05) is 29.4 Å². The highest BCUT2D eigenvalue weighted by atomic mass is 16.6. The fraction of sp³-hybridized carbons (Fsp3) is 0.143. The molecule has 29 heavy (non-hydrogen) atoms. The largest absolute Gasteiger partial charge is 0.459 e. The lowest BCUT2D eigenvalue weighted by atomic mass is 10.1. The smallest absolute Gasteiger partial charge is 0.316 e. The van der Waals surface area contributed by atoms with Crippen LogP contribution in [0.2, 0.25) is 0 Å². The molecule has 0 radical (unpaired) electrons. The SMILES string of the molecule is CNC(=O)/C(=N\OC)c1ccccc1Oc1cccc(COc2ncccn2)c1. The normalized spacial score (nSPS) is 10.9. The first-order chi connectivity index (χ1) is 14.2. The third-order valence-corrected chi connectivity index (χ3v) is 3.80. The molecule has 0 aliphatic heterocycles. The zero-order valence-corrected chi connectivity index (χ0v) is 16.0. The maximum Gasteiger partial charge on any atom is 0.316 e. The number of nitrogens with zero attached hydrogens (tertiary/aromatic N) is 3. The molecule has 1 N–H and O–H groups in total. The number of hydrogen-bond donors (Lipinski definition) is 1. The molecule has 148 valence electrons. The van der Waals surface area contributed by atoms with Crippen LogP contribution in [0.25, 0.3) is 0 Å². The second-order valence-electron chi connectivity index (χ2n) is 5.77. The zero-order valence-electron chi connectivity index (χ0n) is 16.0. The van der Waals surface area contributed by atoms with Crippen LogP contribution in [0.4, 0.5) is 0 Å². The van der Waals surface area contributed by atoms with Crippen molar-refractivity contribution >= 4 is 11.6 Å². The average Bonchev–Trinajstić information content (AvgIpc) is 2.77. The summed E-state index contributed by atoms with van der Waals surface area (Å²) in [5.41, 5.74) is 1.50. The number of ether oxygens (including phenoxy) is 2. The summed E-state index contributed by atoms with van der Waals surface area (Å²) in [7, 11) is 2.91. The van der Waals surface area contributed by atoms with Gasteiger partial charge in [-0.15, -0.1) is 0 Å². The number of hydrogen-bond acceptors (Lipinski definition) is 7. The second kappa shape index (κ2) is 9.84. The summed E-state index contributed by atoms with van der Waals surface area (Å²) in [5.74, 6) is 0.672. The van der Waals surface area contributed by atoms with Gasteiger partial charge in [0.2, 0.25) is 0 Å². The van der Waals surface area contributed by atoms with E-state index in [-0.39, 0.29) is 18.2 Å². The van der Waals surface area contributed by atoms with Gasteiger partial charge in [0, 0.05) is 19.4 Å². The summed E-state index contributed by atoms with van der Waals surface area (Å²) in [6.07, 6.45) is 3.23. The first-order valence-corrected chi connectivity index (χ1v) is 8.80. The van der Waals surface area contributed by atoms with Gasteiger partial charge in [0.05, 0.1) is 5.56 Å². The predicted molar refractivity (Wildman–Crippen MR) is 107 cm³/mol. The molecule has 0 atom stereocenters. The van der Waals surface area contributed by atoms with Crippen LogP contribution >= 0.6 is 0 Å². The van der Waals surface area contributed by atoms with Crippen molar-refractivity contribution in [2.45, 2.75) is 6.61 Å². The van der Waals surface area contributed by atoms with Crippen molar-refractivity contribution in [2.24, 2.45) is 5.16 Å². The highest BCUT2D eigenvalue weighted by Crippen LogP contribution is 2.27. The molecule has 0 bridgehead atoms. The van der Waals surface area contributed by atoms with E-state index in [4.69, 9.17) is 14.3 Å². The van der Waals surface area contributed by atoms with E-state index < -0.39 is 0 Å². The number of carbonyl (C=O) groups is 1. The van der Waals surface area contributed by atoms with Gasteiger partial charge in [-0.25, -0.2) is 9.97 Å². The first kappa shape index (κ1) is 19.8. The summed E-state index contributed by atoms with van der Waals surface area (Å²) < 4.78 is 11.6. The molecule has 3 aromatic rings. The van der Waals surface area contributed by atoms with Crippen molar-refractivity contribution in [1.29, 1.82) is 0 Å². The van der Waals surface area contributed by atoms with Crippen LogP contribution in [-0.2, 0) is 16.2 Å². The lowest BCUT2D eigenvalue weighted by Crippen LogP contribution is -2.28. The third kappa shape index (κ3) is 5.29. The van der Waals surface area contributed by atoms with E-state index >= 15 is 0 Å². The van der Waals surface area contributed by atoms with E-state index in [9.17, 15) is 4.79 Å². The highest BCUT2D eigenvalue weighted by molar-refractivity contribution is 6.45. The number of nitrogens with one attached hydrogen (secondary N) is 1. The Morgan fingerprint density at radius 1 is 1.07 bits per heavy atom. The van der Waals surface area contributed by atoms with Gasteiger partial charge in [0.15, 0.2) is 5.71 Å². The Bertz CT molecular complexity index is 993. The number of benzene rings is 2. The van der Waals surface area contributed by atoms with Crippen molar-refractivity contribution in [3.05, 3.63) is 78.1 Å². The van der Waals surface area contributed by atoms with Crippen LogP contribution in [0, 0.1) is 0 Å². The van der Waals surface area contributed by atoms with Crippen LogP contribution in [0.3, 0.4) is 0 Å². The van der Waals surface area contributed by atoms with E-state index in [1.165, 1.54) is 14.2 Å². The number of likely N-dealkylation sites (N-methyl/N-ethyl adjacent to an activating group) is 1. The molecule has 0 spiro atoms. The van der Waals surface area contributed by atoms with Gasteiger partial charge in [-0.2, -0.15) is 0 Å². The van der Waals surface area contributed by atoms with E-state index in [2.05, 4.69) is 20.4 Å². The predicted octanol–water partition coefficient (Wildman–Crippen LogP) is 2.94. The summed E-state index contributed by atoms with van der Waals surface area (Å²) in [6.45, 7) is 0.289.